The first-order chi connectivity index (χ1) is 3.95. The van der Waals surface area contributed by atoms with Crippen LogP contribution in [0.1, 0.15) is 0 Å². The number of hydrogen-bond donors (Lipinski definition) is 1. The second kappa shape index (κ2) is 9.20. The fourth-order valence-electron chi connectivity index (χ4n) is 0.181. The van der Waals surface area contributed by atoms with Crippen molar-refractivity contribution in [1.82, 2.24) is 5.09 Å². The Morgan fingerprint density at radius 3 is 1.91 bits per heavy atom. The van der Waals surface area contributed by atoms with Gasteiger partial charge in [-0.15, -0.1) is 0 Å². The van der Waals surface area contributed by atoms with E-state index in [2.05, 4.69) is 6.58 Å². The molecule has 5 nitrogen and oxygen atoms in total. The summed E-state index contributed by atoms with van der Waals surface area (Å²) in [5, 5.41) is 1.16. The third-order valence-electron chi connectivity index (χ3n) is 0.433. The number of nitrogens with one attached hydrogen (secondary N) is 1. The zero-order valence-corrected chi connectivity index (χ0v) is 13.5. The van der Waals surface area contributed by atoms with Gasteiger partial charge in [0.05, 0.1) is 0 Å². The van der Waals surface area contributed by atoms with E-state index in [-0.39, 0.29) is 103 Å². The van der Waals surface area contributed by atoms with Gasteiger partial charge in [0, 0.05) is 7.75 Å². The Morgan fingerprint density at radius 1 is 1.45 bits per heavy atom. The Labute approximate surface area is 149 Å². The molecule has 0 bridgehead atoms. The van der Waals surface area contributed by atoms with E-state index in [0.717, 1.165) is 5.09 Å². The summed E-state index contributed by atoms with van der Waals surface area (Å²) in [7, 11) is -4.91. The van der Waals surface area contributed by atoms with Gasteiger partial charge in [-0.05, 0) is 6.08 Å². The van der Waals surface area contributed by atoms with Crippen LogP contribution in [0.15, 0.2) is 12.7 Å². The van der Waals surface area contributed by atoms with E-state index in [1.807, 2.05) is 0 Å². The van der Waals surface area contributed by atoms with Crippen molar-refractivity contribution in [2.45, 2.75) is 0 Å². The molecule has 1 N–H and O–H groups in total. The van der Waals surface area contributed by atoms with Crippen molar-refractivity contribution in [3.63, 3.8) is 0 Å². The van der Waals surface area contributed by atoms with Crippen LogP contribution in [-0.2, 0) is 9.36 Å². The summed E-state index contributed by atoms with van der Waals surface area (Å²) in [6, 6.07) is 0. The van der Waals surface area contributed by atoms with E-state index in [4.69, 9.17) is 0 Å². The molecule has 52 valence electrons. The molecule has 0 aromatic heterocycles. The third-order valence-corrected chi connectivity index (χ3v) is 0.927. The SMILES string of the molecule is C=CC(=O)NP(=O)([O-])[O-].[K+].[K+]. The molecule has 0 radical (unpaired) electrons. The summed E-state index contributed by atoms with van der Waals surface area (Å²) in [6.45, 7) is 2.93. The molecule has 0 saturated carbocycles. The van der Waals surface area contributed by atoms with Crippen molar-refractivity contribution < 1.29 is 122 Å². The van der Waals surface area contributed by atoms with Gasteiger partial charge < -0.3 is 19.4 Å². The Balaban J connectivity index is -0.000000320. The average molecular weight is 227 g/mol. The molecule has 0 heterocycles. The molecule has 0 rings (SSSR count). The van der Waals surface area contributed by atoms with Gasteiger partial charge in [-0.1, -0.05) is 6.58 Å². The molecule has 0 fully saturated rings. The minimum absolute atomic E-state index is 0. The minimum atomic E-state index is -4.91. The van der Waals surface area contributed by atoms with Crippen LogP contribution in [0.3, 0.4) is 0 Å². The van der Waals surface area contributed by atoms with Crippen molar-refractivity contribution >= 4 is 13.7 Å². The van der Waals surface area contributed by atoms with Crippen LogP contribution in [0.5, 0.6) is 0 Å². The number of rotatable bonds is 2. The second-order valence-corrected chi connectivity index (χ2v) is 2.40. The van der Waals surface area contributed by atoms with Gasteiger partial charge in [-0.3, -0.25) is 4.79 Å². The van der Waals surface area contributed by atoms with Crippen molar-refractivity contribution in [3.8, 4) is 0 Å². The van der Waals surface area contributed by atoms with Gasteiger partial charge in [0.2, 0.25) is 5.91 Å². The van der Waals surface area contributed by atoms with Gasteiger partial charge in [-0.25, -0.2) is 0 Å². The van der Waals surface area contributed by atoms with Crippen molar-refractivity contribution in [1.29, 1.82) is 0 Å². The van der Waals surface area contributed by atoms with Crippen LogP contribution < -0.4 is 118 Å². The van der Waals surface area contributed by atoms with Crippen LogP contribution in [-0.4, -0.2) is 5.91 Å². The van der Waals surface area contributed by atoms with Gasteiger partial charge in [0.25, 0.3) is 0 Å². The molecule has 1 amide bonds. The van der Waals surface area contributed by atoms with Crippen LogP contribution in [0.4, 0.5) is 0 Å². The predicted molar refractivity (Wildman–Crippen MR) is 25.9 cm³/mol. The van der Waals surface area contributed by atoms with E-state index in [9.17, 15) is 19.1 Å². The molecule has 0 aliphatic heterocycles. The van der Waals surface area contributed by atoms with Crippen molar-refractivity contribution in [3.05, 3.63) is 12.7 Å². The minimum Gasteiger partial charge on any atom is -0.795 e. The summed E-state index contributed by atoms with van der Waals surface area (Å²) in [6.07, 6.45) is 0.697. The molecule has 0 aromatic carbocycles. The molecule has 0 aliphatic carbocycles. The first kappa shape index (κ1) is 19.2. The van der Waals surface area contributed by atoms with Crippen molar-refractivity contribution in [2.24, 2.45) is 0 Å². The number of carbonyl (C=O) groups is 1. The van der Waals surface area contributed by atoms with Gasteiger partial charge >= 0.3 is 103 Å². The largest absolute Gasteiger partial charge is 1.00 e. The summed E-state index contributed by atoms with van der Waals surface area (Å²) in [5.41, 5.74) is 0. The van der Waals surface area contributed by atoms with Gasteiger partial charge in [0.1, 0.15) is 0 Å². The van der Waals surface area contributed by atoms with Crippen LogP contribution in [0.25, 0.3) is 0 Å². The second-order valence-electron chi connectivity index (χ2n) is 1.18. The van der Waals surface area contributed by atoms with Gasteiger partial charge in [-0.2, -0.15) is 0 Å². The average Bonchev–Trinajstić information content (AvgIpc) is 1.62. The van der Waals surface area contributed by atoms with E-state index in [0.29, 0.717) is 6.08 Å². The van der Waals surface area contributed by atoms with Gasteiger partial charge in [0.15, 0.2) is 0 Å². The molecule has 8 heteroatoms. The van der Waals surface area contributed by atoms with E-state index < -0.39 is 13.7 Å². The number of carbonyl (C=O) groups excluding carboxylic acids is 1. The van der Waals surface area contributed by atoms with Crippen LogP contribution in [0, 0.1) is 0 Å². The summed E-state index contributed by atoms with van der Waals surface area (Å²) < 4.78 is 9.69. The van der Waals surface area contributed by atoms with E-state index in [1.54, 1.807) is 0 Å². The fourth-order valence-corrected chi connectivity index (χ4v) is 0.542. The van der Waals surface area contributed by atoms with Crippen molar-refractivity contribution in [2.75, 3.05) is 0 Å². The molecular formula is C3H4K2NO4P. The first-order valence-electron chi connectivity index (χ1n) is 1.92. The first-order valence-corrected chi connectivity index (χ1v) is 3.47. The maximum atomic E-state index is 10.0. The zero-order valence-electron chi connectivity index (χ0n) is 6.36. The smallest absolute Gasteiger partial charge is 0.795 e. The zero-order chi connectivity index (χ0) is 7.49. The maximum Gasteiger partial charge on any atom is 1.00 e. The number of hydrogen-bond acceptors (Lipinski definition) is 4. The maximum absolute atomic E-state index is 10.0. The topological polar surface area (TPSA) is 92.3 Å². The summed E-state index contributed by atoms with van der Waals surface area (Å²) in [5.74, 6) is -1.01. The van der Waals surface area contributed by atoms with E-state index in [1.165, 1.54) is 0 Å². The molecule has 0 unspecified atom stereocenters. The molecule has 0 saturated heterocycles. The molecule has 0 aromatic rings. The third kappa shape index (κ3) is 15.4. The fraction of sp³-hybridized carbons (Fsp3) is 0. The standard InChI is InChI=1S/C3H6NO4P.2K/c1-2-3(5)4-9(6,7)8;;/h2H,1H2,(H3,4,5,6,7,8);;/q;2*+1/p-2. The Hall–Kier alpha value is 2.63. The quantitative estimate of drug-likeness (QED) is 0.288. The Morgan fingerprint density at radius 2 is 1.82 bits per heavy atom. The monoisotopic (exact) mass is 227 g/mol. The Bertz CT molecular complexity index is 178. The molecule has 0 atom stereocenters. The predicted octanol–water partition coefficient (Wildman–Crippen LogP) is -7.87. The molecule has 11 heavy (non-hydrogen) atoms. The summed E-state index contributed by atoms with van der Waals surface area (Å²) >= 11 is 0. The molecule has 0 spiro atoms. The summed E-state index contributed by atoms with van der Waals surface area (Å²) in [4.78, 5) is 29.4. The van der Waals surface area contributed by atoms with Crippen LogP contribution >= 0.6 is 7.75 Å². The van der Waals surface area contributed by atoms with E-state index >= 15 is 0 Å². The molecule has 0 aliphatic rings. The van der Waals surface area contributed by atoms with Crippen LogP contribution in [0.2, 0.25) is 0 Å². The number of amides is 1. The molecular weight excluding hydrogens is 223 g/mol. The normalized spacial score (nSPS) is 8.55. The Kier molecular flexibility index (Phi) is 16.1.